The molecule has 1 N–H and O–H groups in total. The Bertz CT molecular complexity index is 534. The number of carbonyl (C=O) groups excluding carboxylic acids is 2. The predicted molar refractivity (Wildman–Crippen MR) is 82.6 cm³/mol. The number of carbonyl (C=O) groups is 2. The molecule has 4 rings (SSSR count). The van der Waals surface area contributed by atoms with Crippen molar-refractivity contribution < 1.29 is 9.59 Å². The van der Waals surface area contributed by atoms with E-state index in [-0.39, 0.29) is 6.03 Å². The van der Waals surface area contributed by atoms with Crippen molar-refractivity contribution in [1.82, 2.24) is 4.90 Å². The van der Waals surface area contributed by atoms with E-state index in [2.05, 4.69) is 5.32 Å². The second-order valence-electron chi connectivity index (χ2n) is 6.36. The van der Waals surface area contributed by atoms with Gasteiger partial charge in [-0.25, -0.2) is 4.79 Å². The molecule has 112 valence electrons. The van der Waals surface area contributed by atoms with Crippen molar-refractivity contribution >= 4 is 18.0 Å². The Morgan fingerprint density at radius 1 is 1.19 bits per heavy atom. The Kier molecular flexibility index (Phi) is 3.95. The van der Waals surface area contributed by atoms with Gasteiger partial charge in [-0.05, 0) is 56.1 Å². The van der Waals surface area contributed by atoms with Gasteiger partial charge in [0, 0.05) is 24.3 Å². The Morgan fingerprint density at radius 3 is 2.38 bits per heavy atom. The van der Waals surface area contributed by atoms with Crippen LogP contribution < -0.4 is 5.32 Å². The molecular formula is C17H22N2O2. The molecule has 0 aromatic heterocycles. The molecule has 3 fully saturated rings. The molecule has 2 bridgehead atoms. The zero-order valence-electron chi connectivity index (χ0n) is 12.5. The maximum Gasteiger partial charge on any atom is 0.321 e. The lowest BCUT2D eigenvalue weighted by Crippen LogP contribution is -2.38. The third-order valence-electron chi connectivity index (χ3n) is 4.95. The normalized spacial score (nSPS) is 24.5. The smallest absolute Gasteiger partial charge is 0.321 e. The minimum atomic E-state index is -0.0278. The molecule has 0 spiro atoms. The number of hydrogen-bond acceptors (Lipinski definition) is 2. The largest absolute Gasteiger partial charge is 0.324 e. The van der Waals surface area contributed by atoms with Crippen molar-refractivity contribution in [2.24, 2.45) is 11.8 Å². The second-order valence-corrected chi connectivity index (χ2v) is 6.36. The van der Waals surface area contributed by atoms with Crippen LogP contribution in [-0.4, -0.2) is 30.3 Å². The molecule has 2 amide bonds. The molecule has 4 nitrogen and oxygen atoms in total. The standard InChI is InChI=1S/C17H22N2O2/c1-12-15(11-20)3-2-4-16(12)18-17(21)19-9-13-5-6-14(10-19)8-7-13/h2-4,11,13-14H,5-10H2,1H3,(H,18,21). The van der Waals surface area contributed by atoms with E-state index in [9.17, 15) is 9.59 Å². The van der Waals surface area contributed by atoms with Crippen LogP contribution in [0.1, 0.15) is 41.6 Å². The van der Waals surface area contributed by atoms with Crippen LogP contribution >= 0.6 is 0 Å². The van der Waals surface area contributed by atoms with Gasteiger partial charge in [0.15, 0.2) is 0 Å². The third-order valence-corrected chi connectivity index (χ3v) is 4.95. The highest BCUT2D eigenvalue weighted by atomic mass is 16.2. The quantitative estimate of drug-likeness (QED) is 0.846. The number of amides is 2. The lowest BCUT2D eigenvalue weighted by molar-refractivity contribution is 0.112. The summed E-state index contributed by atoms with van der Waals surface area (Å²) >= 11 is 0. The number of fused-ring (bicyclic) bond motifs is 4. The van der Waals surface area contributed by atoms with Crippen LogP contribution in [0.5, 0.6) is 0 Å². The number of urea groups is 1. The summed E-state index contributed by atoms with van der Waals surface area (Å²) in [6.45, 7) is 3.61. The maximum atomic E-state index is 12.5. The molecule has 0 unspecified atom stereocenters. The Balaban J connectivity index is 1.73. The van der Waals surface area contributed by atoms with Crippen LogP contribution in [0.25, 0.3) is 0 Å². The molecule has 2 aliphatic heterocycles. The number of nitrogens with one attached hydrogen (secondary N) is 1. The van der Waals surface area contributed by atoms with Gasteiger partial charge in [0.25, 0.3) is 0 Å². The average molecular weight is 286 g/mol. The summed E-state index contributed by atoms with van der Waals surface area (Å²) < 4.78 is 0. The molecule has 1 saturated carbocycles. The first-order valence-electron chi connectivity index (χ1n) is 7.78. The molecule has 1 aromatic carbocycles. The van der Waals surface area contributed by atoms with Gasteiger partial charge in [0.1, 0.15) is 6.29 Å². The second kappa shape index (κ2) is 5.88. The topological polar surface area (TPSA) is 49.4 Å². The van der Waals surface area contributed by atoms with Crippen LogP contribution in [0.3, 0.4) is 0 Å². The summed E-state index contributed by atoms with van der Waals surface area (Å²) in [5.41, 5.74) is 2.20. The summed E-state index contributed by atoms with van der Waals surface area (Å²) in [5, 5.41) is 2.98. The van der Waals surface area contributed by atoms with Gasteiger partial charge in [-0.2, -0.15) is 0 Å². The lowest BCUT2D eigenvalue weighted by Gasteiger charge is -2.23. The fourth-order valence-corrected chi connectivity index (χ4v) is 3.57. The van der Waals surface area contributed by atoms with Gasteiger partial charge < -0.3 is 10.2 Å². The molecule has 21 heavy (non-hydrogen) atoms. The van der Waals surface area contributed by atoms with Crippen LogP contribution in [0.2, 0.25) is 0 Å². The highest BCUT2D eigenvalue weighted by Crippen LogP contribution is 2.34. The monoisotopic (exact) mass is 286 g/mol. The van der Waals surface area contributed by atoms with E-state index < -0.39 is 0 Å². The predicted octanol–water partition coefficient (Wildman–Crippen LogP) is 3.46. The minimum Gasteiger partial charge on any atom is -0.324 e. The van der Waals surface area contributed by atoms with Gasteiger partial charge in [-0.3, -0.25) is 4.79 Å². The molecule has 2 saturated heterocycles. The molecule has 3 aliphatic rings. The van der Waals surface area contributed by atoms with E-state index in [0.717, 1.165) is 30.6 Å². The van der Waals surface area contributed by atoms with Crippen molar-refractivity contribution in [2.45, 2.75) is 32.6 Å². The number of hydrogen-bond donors (Lipinski definition) is 1. The van der Waals surface area contributed by atoms with E-state index >= 15 is 0 Å². The van der Waals surface area contributed by atoms with Crippen molar-refractivity contribution in [3.8, 4) is 0 Å². The number of anilines is 1. The molecule has 0 atom stereocenters. The number of aldehydes is 1. The van der Waals surface area contributed by atoms with E-state index in [1.165, 1.54) is 25.7 Å². The van der Waals surface area contributed by atoms with Crippen LogP contribution in [-0.2, 0) is 0 Å². The van der Waals surface area contributed by atoms with E-state index in [4.69, 9.17) is 0 Å². The molecular weight excluding hydrogens is 264 g/mol. The zero-order valence-corrected chi connectivity index (χ0v) is 12.5. The fourth-order valence-electron chi connectivity index (χ4n) is 3.57. The molecule has 1 aromatic rings. The van der Waals surface area contributed by atoms with Gasteiger partial charge >= 0.3 is 6.03 Å². The highest BCUT2D eigenvalue weighted by Gasteiger charge is 2.31. The fraction of sp³-hybridized carbons (Fsp3) is 0.529. The summed E-state index contributed by atoms with van der Waals surface area (Å²) in [5.74, 6) is 1.33. The number of nitrogens with zero attached hydrogens (tertiary/aromatic N) is 1. The van der Waals surface area contributed by atoms with Crippen molar-refractivity contribution in [2.75, 3.05) is 18.4 Å². The van der Waals surface area contributed by atoms with E-state index in [1.807, 2.05) is 17.9 Å². The first-order valence-corrected chi connectivity index (χ1v) is 7.78. The SMILES string of the molecule is Cc1c(C=O)cccc1NC(=O)N1CC2CCC(CC2)C1. The van der Waals surface area contributed by atoms with Gasteiger partial charge in [0.05, 0.1) is 0 Å². The summed E-state index contributed by atoms with van der Waals surface area (Å²) in [4.78, 5) is 25.5. The molecule has 4 heteroatoms. The van der Waals surface area contributed by atoms with Crippen LogP contribution in [0, 0.1) is 18.8 Å². The maximum absolute atomic E-state index is 12.5. The number of benzene rings is 1. The van der Waals surface area contributed by atoms with Gasteiger partial charge in [-0.15, -0.1) is 0 Å². The van der Waals surface area contributed by atoms with Crippen molar-refractivity contribution in [3.05, 3.63) is 29.3 Å². The molecule has 0 radical (unpaired) electrons. The average Bonchev–Trinajstić information content (AvgIpc) is 2.83. The first kappa shape index (κ1) is 14.1. The Morgan fingerprint density at radius 2 is 1.81 bits per heavy atom. The Labute approximate surface area is 125 Å². The lowest BCUT2D eigenvalue weighted by atomic mass is 9.84. The van der Waals surface area contributed by atoms with Crippen molar-refractivity contribution in [3.63, 3.8) is 0 Å². The van der Waals surface area contributed by atoms with Crippen LogP contribution in [0.15, 0.2) is 18.2 Å². The zero-order chi connectivity index (χ0) is 14.8. The Hall–Kier alpha value is -1.84. The summed E-state index contributed by atoms with van der Waals surface area (Å²) in [6, 6.07) is 5.40. The molecule has 2 heterocycles. The van der Waals surface area contributed by atoms with E-state index in [1.54, 1.807) is 12.1 Å². The van der Waals surface area contributed by atoms with Gasteiger partial charge in [-0.1, -0.05) is 12.1 Å². The van der Waals surface area contributed by atoms with Gasteiger partial charge in [0.2, 0.25) is 0 Å². The minimum absolute atomic E-state index is 0.0278. The third kappa shape index (κ3) is 2.94. The summed E-state index contributed by atoms with van der Waals surface area (Å²) in [7, 11) is 0. The molecule has 1 aliphatic carbocycles. The number of rotatable bonds is 2. The first-order chi connectivity index (χ1) is 10.2. The van der Waals surface area contributed by atoms with E-state index in [0.29, 0.717) is 17.4 Å². The van der Waals surface area contributed by atoms with Crippen LogP contribution in [0.4, 0.5) is 10.5 Å². The van der Waals surface area contributed by atoms with Crippen molar-refractivity contribution in [1.29, 1.82) is 0 Å². The summed E-state index contributed by atoms with van der Waals surface area (Å²) in [6.07, 6.45) is 5.86. The highest BCUT2D eigenvalue weighted by molar-refractivity contribution is 5.92.